The van der Waals surface area contributed by atoms with Gasteiger partial charge in [0.25, 0.3) is 0 Å². The van der Waals surface area contributed by atoms with Gasteiger partial charge in [-0.15, -0.1) is 0 Å². The van der Waals surface area contributed by atoms with Gasteiger partial charge in [-0.2, -0.15) is 13.2 Å². The van der Waals surface area contributed by atoms with Crippen molar-refractivity contribution in [2.75, 3.05) is 13.7 Å². The fourth-order valence-corrected chi connectivity index (χ4v) is 4.09. The predicted octanol–water partition coefficient (Wildman–Crippen LogP) is 7.92. The third-order valence-corrected chi connectivity index (χ3v) is 6.00. The fourth-order valence-electron chi connectivity index (χ4n) is 4.09. The Morgan fingerprint density at radius 2 is 1.43 bits per heavy atom. The third-order valence-electron chi connectivity index (χ3n) is 6.00. The van der Waals surface area contributed by atoms with Crippen molar-refractivity contribution in [2.45, 2.75) is 25.4 Å². The number of benzene rings is 4. The zero-order chi connectivity index (χ0) is 25.2. The predicted molar refractivity (Wildman–Crippen MR) is 124 cm³/mol. The highest BCUT2D eigenvalue weighted by Gasteiger charge is 2.33. The van der Waals surface area contributed by atoms with Gasteiger partial charge in [-0.3, -0.25) is 0 Å². The molecule has 0 radical (unpaired) electrons. The van der Waals surface area contributed by atoms with Crippen LogP contribution in [-0.2, 0) is 30.2 Å². The maximum absolute atomic E-state index is 15.1. The van der Waals surface area contributed by atoms with Gasteiger partial charge < -0.3 is 4.74 Å². The molecule has 0 unspecified atom stereocenters. The highest BCUT2D eigenvalue weighted by molar-refractivity contribution is 5.88. The summed E-state index contributed by atoms with van der Waals surface area (Å²) in [5, 5.41) is 0.939. The second-order valence-electron chi connectivity index (χ2n) is 8.34. The maximum atomic E-state index is 15.1. The van der Waals surface area contributed by atoms with Crippen LogP contribution >= 0.6 is 0 Å². The SMILES string of the molecule is COCCc1ccc(-c2ccc3c(F)c(CCc4ccc(C(F)(F)F)c(F)c4)ccc3c2)c(F)c1. The first-order chi connectivity index (χ1) is 16.7. The molecule has 0 spiro atoms. The van der Waals surface area contributed by atoms with Gasteiger partial charge in [-0.25, -0.2) is 13.2 Å². The van der Waals surface area contributed by atoms with E-state index in [-0.39, 0.29) is 18.7 Å². The number of ether oxygens (including phenoxy) is 1. The normalized spacial score (nSPS) is 11.9. The molecular formula is C28H22F6O. The first-order valence-corrected chi connectivity index (χ1v) is 11.0. The van der Waals surface area contributed by atoms with Crippen LogP contribution in [0.3, 0.4) is 0 Å². The lowest BCUT2D eigenvalue weighted by Gasteiger charge is -2.11. The summed E-state index contributed by atoms with van der Waals surface area (Å²) < 4.78 is 86.9. The number of halogens is 6. The van der Waals surface area contributed by atoms with Crippen molar-refractivity contribution in [3.63, 3.8) is 0 Å². The first-order valence-electron chi connectivity index (χ1n) is 11.0. The summed E-state index contributed by atoms with van der Waals surface area (Å²) in [6.45, 7) is 0.490. The van der Waals surface area contributed by atoms with E-state index in [0.717, 1.165) is 11.6 Å². The molecule has 0 aromatic heterocycles. The summed E-state index contributed by atoms with van der Waals surface area (Å²) in [6.07, 6.45) is -3.80. The van der Waals surface area contributed by atoms with E-state index in [2.05, 4.69) is 0 Å². The highest BCUT2D eigenvalue weighted by Crippen LogP contribution is 2.32. The molecule has 0 aliphatic heterocycles. The molecule has 0 bridgehead atoms. The number of methoxy groups -OCH3 is 1. The van der Waals surface area contributed by atoms with Crippen molar-refractivity contribution >= 4 is 10.8 Å². The summed E-state index contributed by atoms with van der Waals surface area (Å²) in [4.78, 5) is 0. The quantitative estimate of drug-likeness (QED) is 0.240. The molecule has 4 aromatic carbocycles. The largest absolute Gasteiger partial charge is 0.419 e. The minimum Gasteiger partial charge on any atom is -0.384 e. The molecule has 0 fully saturated rings. The van der Waals surface area contributed by atoms with Crippen LogP contribution in [-0.4, -0.2) is 13.7 Å². The molecule has 4 rings (SSSR count). The van der Waals surface area contributed by atoms with E-state index in [9.17, 15) is 22.0 Å². The van der Waals surface area contributed by atoms with Gasteiger partial charge in [0.1, 0.15) is 17.5 Å². The summed E-state index contributed by atoms with van der Waals surface area (Å²) >= 11 is 0. The van der Waals surface area contributed by atoms with Crippen molar-refractivity contribution in [2.24, 2.45) is 0 Å². The molecule has 0 amide bonds. The Labute approximate surface area is 199 Å². The highest BCUT2D eigenvalue weighted by atomic mass is 19.4. The lowest BCUT2D eigenvalue weighted by molar-refractivity contribution is -0.140. The van der Waals surface area contributed by atoms with E-state index in [1.165, 1.54) is 12.1 Å². The van der Waals surface area contributed by atoms with E-state index >= 15 is 4.39 Å². The van der Waals surface area contributed by atoms with E-state index in [1.807, 2.05) is 6.07 Å². The van der Waals surface area contributed by atoms with Gasteiger partial charge in [0.15, 0.2) is 0 Å². The Balaban J connectivity index is 1.54. The van der Waals surface area contributed by atoms with E-state index < -0.39 is 23.4 Å². The Hall–Kier alpha value is -3.32. The Morgan fingerprint density at radius 3 is 2.11 bits per heavy atom. The smallest absolute Gasteiger partial charge is 0.384 e. The molecule has 35 heavy (non-hydrogen) atoms. The average molecular weight is 488 g/mol. The van der Waals surface area contributed by atoms with Crippen molar-refractivity contribution in [3.05, 3.63) is 106 Å². The van der Waals surface area contributed by atoms with Gasteiger partial charge in [0.05, 0.1) is 12.2 Å². The van der Waals surface area contributed by atoms with Crippen LogP contribution in [0.5, 0.6) is 0 Å². The van der Waals surface area contributed by atoms with Gasteiger partial charge in [0.2, 0.25) is 0 Å². The van der Waals surface area contributed by atoms with Crippen LogP contribution in [0.2, 0.25) is 0 Å². The molecule has 0 saturated heterocycles. The number of hydrogen-bond donors (Lipinski definition) is 0. The van der Waals surface area contributed by atoms with Gasteiger partial charge >= 0.3 is 6.18 Å². The molecule has 182 valence electrons. The number of rotatable bonds is 7. The van der Waals surface area contributed by atoms with Gasteiger partial charge in [-0.1, -0.05) is 42.5 Å². The molecule has 7 heteroatoms. The standard InChI is InChI=1S/C28H22F6O/c1-35-13-12-18-3-9-22(25(29)14-18)20-8-10-23-21(16-20)7-6-19(27(23)31)5-2-17-4-11-24(26(30)15-17)28(32,33)34/h3-4,6-11,14-16H,2,5,12-13H2,1H3. The van der Waals surface area contributed by atoms with Crippen LogP contribution in [0.1, 0.15) is 22.3 Å². The Bertz CT molecular complexity index is 1360. The number of alkyl halides is 3. The number of hydrogen-bond acceptors (Lipinski definition) is 1. The average Bonchev–Trinajstić information content (AvgIpc) is 2.81. The maximum Gasteiger partial charge on any atom is 0.419 e. The summed E-state index contributed by atoms with van der Waals surface area (Å²) in [5.41, 5.74) is 1.21. The van der Waals surface area contributed by atoms with Crippen LogP contribution in [0.4, 0.5) is 26.3 Å². The summed E-state index contributed by atoms with van der Waals surface area (Å²) in [5.74, 6) is -2.18. The molecule has 0 aliphatic carbocycles. The minimum atomic E-state index is -4.76. The van der Waals surface area contributed by atoms with E-state index in [1.54, 1.807) is 43.5 Å². The number of fused-ring (bicyclic) bond motifs is 1. The summed E-state index contributed by atoms with van der Waals surface area (Å²) in [7, 11) is 1.58. The zero-order valence-corrected chi connectivity index (χ0v) is 18.9. The van der Waals surface area contributed by atoms with Crippen LogP contribution in [0.25, 0.3) is 21.9 Å². The van der Waals surface area contributed by atoms with E-state index in [4.69, 9.17) is 4.74 Å². The van der Waals surface area contributed by atoms with Gasteiger partial charge in [0, 0.05) is 18.1 Å². The van der Waals surface area contributed by atoms with Crippen LogP contribution < -0.4 is 0 Å². The first kappa shape index (κ1) is 24.8. The molecule has 0 saturated carbocycles. The van der Waals surface area contributed by atoms with Crippen LogP contribution in [0.15, 0.2) is 66.7 Å². The molecule has 0 atom stereocenters. The molecule has 0 heterocycles. The Kier molecular flexibility index (Phi) is 7.17. The second kappa shape index (κ2) is 10.1. The summed E-state index contributed by atoms with van der Waals surface area (Å²) in [6, 6.07) is 16.0. The minimum absolute atomic E-state index is 0.177. The fraction of sp³-hybridized carbons (Fsp3) is 0.214. The zero-order valence-electron chi connectivity index (χ0n) is 18.9. The van der Waals surface area contributed by atoms with Gasteiger partial charge in [-0.05, 0) is 71.2 Å². The molecule has 0 N–H and O–H groups in total. The lowest BCUT2D eigenvalue weighted by atomic mass is 9.96. The number of aryl methyl sites for hydroxylation is 2. The van der Waals surface area contributed by atoms with Crippen LogP contribution in [0, 0.1) is 17.5 Å². The molecule has 4 aromatic rings. The van der Waals surface area contributed by atoms with E-state index in [0.29, 0.717) is 52.1 Å². The van der Waals surface area contributed by atoms with Crippen molar-refractivity contribution in [1.29, 1.82) is 0 Å². The van der Waals surface area contributed by atoms with Crippen molar-refractivity contribution < 1.29 is 31.1 Å². The molecule has 0 aliphatic rings. The lowest BCUT2D eigenvalue weighted by Crippen LogP contribution is -2.08. The van der Waals surface area contributed by atoms with Crippen molar-refractivity contribution in [3.8, 4) is 11.1 Å². The van der Waals surface area contributed by atoms with Crippen molar-refractivity contribution in [1.82, 2.24) is 0 Å². The monoisotopic (exact) mass is 488 g/mol. The molecule has 1 nitrogen and oxygen atoms in total. The topological polar surface area (TPSA) is 9.23 Å². The Morgan fingerprint density at radius 1 is 0.714 bits per heavy atom. The second-order valence-corrected chi connectivity index (χ2v) is 8.34. The molecular weight excluding hydrogens is 466 g/mol. The third kappa shape index (κ3) is 5.51.